The van der Waals surface area contributed by atoms with Crippen molar-refractivity contribution >= 4 is 6.08 Å². The number of aryl methyl sites for hydroxylation is 1. The number of allylic oxidation sites excluding steroid dienone is 4. The lowest BCUT2D eigenvalue weighted by Crippen LogP contribution is -2.19. The molecule has 1 aliphatic rings. The molecule has 1 aromatic carbocycles. The van der Waals surface area contributed by atoms with E-state index < -0.39 is 0 Å². The quantitative estimate of drug-likeness (QED) is 0.577. The van der Waals surface area contributed by atoms with Gasteiger partial charge >= 0.3 is 0 Å². The van der Waals surface area contributed by atoms with Crippen LogP contribution in [0.5, 0.6) is 0 Å². The molecule has 1 atom stereocenters. The number of nitrogens with one attached hydrogen (secondary N) is 1. The van der Waals surface area contributed by atoms with Crippen molar-refractivity contribution < 1.29 is 4.79 Å². The third-order valence-corrected chi connectivity index (χ3v) is 2.93. The fraction of sp³-hybridized carbons (Fsp3) is 0.267. The Morgan fingerprint density at radius 3 is 2.59 bits per heavy atom. The van der Waals surface area contributed by atoms with E-state index in [9.17, 15) is 0 Å². The van der Waals surface area contributed by atoms with Gasteiger partial charge in [0.25, 0.3) is 0 Å². The third-order valence-electron chi connectivity index (χ3n) is 2.93. The lowest BCUT2D eigenvalue weighted by molar-refractivity contribution is 0.563. The molecule has 0 heterocycles. The van der Waals surface area contributed by atoms with Gasteiger partial charge in [-0.3, -0.25) is 0 Å². The summed E-state index contributed by atoms with van der Waals surface area (Å²) in [7, 11) is 0. The Labute approximate surface area is 102 Å². The van der Waals surface area contributed by atoms with Gasteiger partial charge in [0, 0.05) is 5.41 Å². The molecule has 0 aromatic heterocycles. The highest BCUT2D eigenvalue weighted by atomic mass is 16.1. The Bertz CT molecular complexity index is 468. The average Bonchev–Trinajstić information content (AvgIpc) is 2.31. The first-order valence-corrected chi connectivity index (χ1v) is 5.58. The van der Waals surface area contributed by atoms with Crippen LogP contribution >= 0.6 is 0 Å². The second-order valence-corrected chi connectivity index (χ2v) is 4.38. The van der Waals surface area contributed by atoms with Crippen LogP contribution in [0.25, 0.3) is 0 Å². The second kappa shape index (κ2) is 5.97. The first-order chi connectivity index (χ1) is 8.12. The Hall–Kier alpha value is -1.92. The summed E-state index contributed by atoms with van der Waals surface area (Å²) in [5.41, 5.74) is 2.95. The number of hydrogen-bond donors (Lipinski definition) is 1. The third kappa shape index (κ3) is 3.54. The highest BCUT2D eigenvalue weighted by Gasteiger charge is 2.22. The molecule has 1 N–H and O–H groups in total. The summed E-state index contributed by atoms with van der Waals surface area (Å²) in [4.78, 5) is 8.35. The van der Waals surface area contributed by atoms with Crippen LogP contribution in [-0.2, 0) is 10.2 Å². The molecular weight excluding hydrogens is 210 g/mol. The fourth-order valence-electron chi connectivity index (χ4n) is 1.94. The molecule has 2 rings (SSSR count). The van der Waals surface area contributed by atoms with E-state index in [1.165, 1.54) is 11.1 Å². The standard InChI is InChI=1S/C14H16.CHNO/c1-12-7-6-8-13(11-12)14(2)9-4-3-5-10-14;2-1-3/h3-9,11H,10H2,1-2H3;2H. The molecule has 1 aromatic rings. The van der Waals surface area contributed by atoms with Crippen LogP contribution in [0.2, 0.25) is 0 Å². The summed E-state index contributed by atoms with van der Waals surface area (Å²) in [6, 6.07) is 8.79. The van der Waals surface area contributed by atoms with E-state index in [0.717, 1.165) is 12.5 Å². The van der Waals surface area contributed by atoms with Crippen LogP contribution in [0.3, 0.4) is 0 Å². The normalized spacial score (nSPS) is 21.3. The van der Waals surface area contributed by atoms with Crippen molar-refractivity contribution in [2.24, 2.45) is 0 Å². The maximum absolute atomic E-state index is 8.35. The monoisotopic (exact) mass is 227 g/mol. The molecule has 0 bridgehead atoms. The van der Waals surface area contributed by atoms with Gasteiger partial charge < -0.3 is 0 Å². The van der Waals surface area contributed by atoms with Gasteiger partial charge in [0.1, 0.15) is 0 Å². The van der Waals surface area contributed by atoms with Crippen LogP contribution in [0.1, 0.15) is 24.5 Å². The van der Waals surface area contributed by atoms with Crippen molar-refractivity contribution in [2.75, 3.05) is 0 Å². The smallest absolute Gasteiger partial charge is 0.222 e. The Kier molecular flexibility index (Phi) is 4.62. The minimum Gasteiger partial charge on any atom is -0.222 e. The highest BCUT2D eigenvalue weighted by Crippen LogP contribution is 2.32. The number of rotatable bonds is 1. The minimum absolute atomic E-state index is 0.195. The molecule has 0 amide bonds. The van der Waals surface area contributed by atoms with Crippen LogP contribution in [-0.4, -0.2) is 6.08 Å². The van der Waals surface area contributed by atoms with E-state index in [1.54, 1.807) is 0 Å². The van der Waals surface area contributed by atoms with Crippen LogP contribution in [0.15, 0.2) is 48.6 Å². The molecule has 0 aliphatic heterocycles. The van der Waals surface area contributed by atoms with Crippen molar-refractivity contribution in [3.63, 3.8) is 0 Å². The molecule has 1 unspecified atom stereocenters. The number of hydrogen-bond acceptors (Lipinski definition) is 2. The Morgan fingerprint density at radius 2 is 2.06 bits per heavy atom. The van der Waals surface area contributed by atoms with Gasteiger partial charge in [0.05, 0.1) is 0 Å². The molecule has 0 fully saturated rings. The first kappa shape index (κ1) is 13.1. The zero-order valence-electron chi connectivity index (χ0n) is 10.2. The first-order valence-electron chi connectivity index (χ1n) is 5.58. The van der Waals surface area contributed by atoms with Gasteiger partial charge in [0.2, 0.25) is 6.08 Å². The topological polar surface area (TPSA) is 40.9 Å². The molecule has 0 saturated carbocycles. The van der Waals surface area contributed by atoms with Gasteiger partial charge in [-0.15, -0.1) is 0 Å². The highest BCUT2D eigenvalue weighted by molar-refractivity contribution is 5.36. The molecule has 1 aliphatic carbocycles. The predicted molar refractivity (Wildman–Crippen MR) is 69.8 cm³/mol. The summed E-state index contributed by atoms with van der Waals surface area (Å²) in [5, 5.41) is 5.40. The van der Waals surface area contributed by atoms with Gasteiger partial charge in [0.15, 0.2) is 0 Å². The summed E-state index contributed by atoms with van der Waals surface area (Å²) in [6.07, 6.45) is 10.7. The molecule has 2 nitrogen and oxygen atoms in total. The summed E-state index contributed by atoms with van der Waals surface area (Å²) < 4.78 is 0. The number of carbonyl (C=O) groups excluding carboxylic acids is 1. The molecule has 17 heavy (non-hydrogen) atoms. The van der Waals surface area contributed by atoms with Crippen LogP contribution < -0.4 is 0 Å². The number of benzene rings is 1. The van der Waals surface area contributed by atoms with Gasteiger partial charge in [-0.05, 0) is 18.9 Å². The van der Waals surface area contributed by atoms with Crippen LogP contribution in [0.4, 0.5) is 0 Å². The molecular formula is C15H17NO. The molecule has 0 spiro atoms. The van der Waals surface area contributed by atoms with Crippen molar-refractivity contribution in [1.29, 1.82) is 5.41 Å². The zero-order chi connectivity index (χ0) is 12.7. The van der Waals surface area contributed by atoms with Crippen molar-refractivity contribution in [3.8, 4) is 0 Å². The van der Waals surface area contributed by atoms with E-state index in [0.29, 0.717) is 0 Å². The SMILES string of the molecule is Cc1cccc(C2(C)C=CC=CC2)c1.N=C=O. The maximum Gasteiger partial charge on any atom is 0.231 e. The minimum atomic E-state index is 0.195. The molecule has 88 valence electrons. The van der Waals surface area contributed by atoms with E-state index in [2.05, 4.69) is 62.4 Å². The van der Waals surface area contributed by atoms with E-state index in [4.69, 9.17) is 10.2 Å². The van der Waals surface area contributed by atoms with Gasteiger partial charge in [-0.1, -0.05) is 61.1 Å². The maximum atomic E-state index is 8.35. The second-order valence-electron chi connectivity index (χ2n) is 4.38. The average molecular weight is 227 g/mol. The largest absolute Gasteiger partial charge is 0.231 e. The van der Waals surface area contributed by atoms with Gasteiger partial charge in [-0.2, -0.15) is 0 Å². The molecule has 0 saturated heterocycles. The van der Waals surface area contributed by atoms with E-state index in [1.807, 2.05) is 0 Å². The van der Waals surface area contributed by atoms with E-state index >= 15 is 0 Å². The zero-order valence-corrected chi connectivity index (χ0v) is 10.2. The van der Waals surface area contributed by atoms with Crippen molar-refractivity contribution in [1.82, 2.24) is 0 Å². The summed E-state index contributed by atoms with van der Waals surface area (Å²) >= 11 is 0. The van der Waals surface area contributed by atoms with Crippen molar-refractivity contribution in [3.05, 3.63) is 59.7 Å². The molecule has 2 heteroatoms. The predicted octanol–water partition coefficient (Wildman–Crippen LogP) is 3.67. The Balaban J connectivity index is 0.000000437. The lowest BCUT2D eigenvalue weighted by Gasteiger charge is -2.27. The fourth-order valence-corrected chi connectivity index (χ4v) is 1.94. The van der Waals surface area contributed by atoms with E-state index in [-0.39, 0.29) is 5.41 Å². The van der Waals surface area contributed by atoms with Crippen molar-refractivity contribution in [2.45, 2.75) is 25.7 Å². The lowest BCUT2D eigenvalue weighted by atomic mass is 9.77. The summed E-state index contributed by atoms with van der Waals surface area (Å²) in [5.74, 6) is 0. The number of isocyanates is 1. The van der Waals surface area contributed by atoms with Gasteiger partial charge in [-0.25, -0.2) is 10.2 Å². The Morgan fingerprint density at radius 1 is 1.35 bits per heavy atom. The summed E-state index contributed by atoms with van der Waals surface area (Å²) in [6.45, 7) is 4.44. The van der Waals surface area contributed by atoms with Crippen LogP contribution in [0, 0.1) is 12.3 Å². The molecule has 0 radical (unpaired) electrons.